The van der Waals surface area contributed by atoms with Gasteiger partial charge in [0.15, 0.2) is 0 Å². The van der Waals surface area contributed by atoms with Gasteiger partial charge in [0.05, 0.1) is 5.92 Å². The first-order valence-electron chi connectivity index (χ1n) is 6.78. The largest absolute Gasteiger partial charge is 0.385 e. The van der Waals surface area contributed by atoms with E-state index in [1.54, 1.807) is 0 Å². The zero-order chi connectivity index (χ0) is 12.6. The Balaban J connectivity index is 1.70. The fourth-order valence-corrected chi connectivity index (χ4v) is 2.55. The van der Waals surface area contributed by atoms with Gasteiger partial charge in [0.25, 0.3) is 0 Å². The van der Waals surface area contributed by atoms with Crippen LogP contribution >= 0.6 is 0 Å². The summed E-state index contributed by atoms with van der Waals surface area (Å²) in [6.45, 7) is 3.95. The van der Waals surface area contributed by atoms with Crippen LogP contribution in [0, 0.1) is 5.41 Å². The Hall–Kier alpha value is -1.51. The van der Waals surface area contributed by atoms with Crippen LogP contribution in [-0.4, -0.2) is 19.0 Å². The van der Waals surface area contributed by atoms with Gasteiger partial charge < -0.3 is 10.6 Å². The van der Waals surface area contributed by atoms with Crippen molar-refractivity contribution in [2.24, 2.45) is 5.41 Å². The quantitative estimate of drug-likeness (QED) is 0.857. The molecule has 0 aromatic heterocycles. The second-order valence-corrected chi connectivity index (χ2v) is 5.88. The van der Waals surface area contributed by atoms with Crippen molar-refractivity contribution < 1.29 is 4.79 Å². The van der Waals surface area contributed by atoms with Crippen molar-refractivity contribution in [1.82, 2.24) is 5.32 Å². The van der Waals surface area contributed by atoms with E-state index in [0.717, 1.165) is 30.8 Å². The van der Waals surface area contributed by atoms with E-state index in [1.807, 2.05) is 12.1 Å². The summed E-state index contributed by atoms with van der Waals surface area (Å²) >= 11 is 0. The zero-order valence-electron chi connectivity index (χ0n) is 10.8. The van der Waals surface area contributed by atoms with E-state index in [-0.39, 0.29) is 11.8 Å². The Morgan fingerprint density at radius 1 is 1.44 bits per heavy atom. The molecular weight excluding hydrogens is 224 g/mol. The molecule has 1 aliphatic carbocycles. The number of fused-ring (bicyclic) bond motifs is 1. The first-order chi connectivity index (χ1) is 8.68. The molecule has 1 aromatic rings. The monoisotopic (exact) mass is 244 g/mol. The van der Waals surface area contributed by atoms with Crippen molar-refractivity contribution in [3.8, 4) is 0 Å². The normalized spacial score (nSPS) is 23.7. The van der Waals surface area contributed by atoms with E-state index in [9.17, 15) is 4.79 Å². The minimum absolute atomic E-state index is 0.0183. The second kappa shape index (κ2) is 4.30. The first-order valence-corrected chi connectivity index (χ1v) is 6.78. The lowest BCUT2D eigenvalue weighted by Gasteiger charge is -2.26. The number of para-hydroxylation sites is 1. The third-order valence-electron chi connectivity index (χ3n) is 4.19. The van der Waals surface area contributed by atoms with Crippen LogP contribution in [0.3, 0.4) is 0 Å². The van der Waals surface area contributed by atoms with E-state index in [1.165, 1.54) is 12.8 Å². The maximum absolute atomic E-state index is 12.3. The average Bonchev–Trinajstić information content (AvgIpc) is 3.14. The maximum Gasteiger partial charge on any atom is 0.227 e. The Morgan fingerprint density at radius 3 is 3.00 bits per heavy atom. The number of anilines is 1. The number of carbonyl (C=O) groups is 1. The number of rotatable bonds is 3. The Labute approximate surface area is 108 Å². The Kier molecular flexibility index (Phi) is 2.77. The van der Waals surface area contributed by atoms with Crippen molar-refractivity contribution in [2.45, 2.75) is 32.1 Å². The van der Waals surface area contributed by atoms with Crippen LogP contribution in [0.4, 0.5) is 5.69 Å². The van der Waals surface area contributed by atoms with Crippen LogP contribution in [0.2, 0.25) is 0 Å². The first kappa shape index (κ1) is 11.6. The Bertz CT molecular complexity index is 465. The number of nitrogens with one attached hydrogen (secondary N) is 2. The molecular formula is C15H20N2O. The molecule has 2 N–H and O–H groups in total. The highest BCUT2D eigenvalue weighted by molar-refractivity contribution is 5.86. The molecule has 0 spiro atoms. The highest BCUT2D eigenvalue weighted by Crippen LogP contribution is 2.44. The van der Waals surface area contributed by atoms with Gasteiger partial charge in [-0.2, -0.15) is 0 Å². The number of carbonyl (C=O) groups excluding carboxylic acids is 1. The lowest BCUT2D eigenvalue weighted by Crippen LogP contribution is -2.35. The van der Waals surface area contributed by atoms with Crippen LogP contribution in [0.1, 0.15) is 37.7 Å². The molecule has 1 aromatic carbocycles. The lowest BCUT2D eigenvalue weighted by atomic mass is 9.90. The van der Waals surface area contributed by atoms with Gasteiger partial charge in [-0.25, -0.2) is 0 Å². The summed E-state index contributed by atoms with van der Waals surface area (Å²) in [5, 5.41) is 6.48. The SMILES string of the molecule is CC1(CNC(=O)C2CCNc3ccccc32)CC1. The molecule has 0 bridgehead atoms. The van der Waals surface area contributed by atoms with Crippen molar-refractivity contribution in [2.75, 3.05) is 18.4 Å². The van der Waals surface area contributed by atoms with Gasteiger partial charge in [-0.05, 0) is 36.3 Å². The van der Waals surface area contributed by atoms with Gasteiger partial charge in [-0.3, -0.25) is 4.79 Å². The highest BCUT2D eigenvalue weighted by Gasteiger charge is 2.38. The minimum Gasteiger partial charge on any atom is -0.385 e. The highest BCUT2D eigenvalue weighted by atomic mass is 16.1. The molecule has 3 rings (SSSR count). The van der Waals surface area contributed by atoms with E-state index in [2.05, 4.69) is 29.7 Å². The molecule has 0 radical (unpaired) electrons. The van der Waals surface area contributed by atoms with Gasteiger partial charge in [0.2, 0.25) is 5.91 Å². The van der Waals surface area contributed by atoms with E-state index >= 15 is 0 Å². The average molecular weight is 244 g/mol. The van der Waals surface area contributed by atoms with Gasteiger partial charge in [0.1, 0.15) is 0 Å². The number of hydrogen-bond acceptors (Lipinski definition) is 2. The molecule has 18 heavy (non-hydrogen) atoms. The van der Waals surface area contributed by atoms with E-state index in [4.69, 9.17) is 0 Å². The smallest absolute Gasteiger partial charge is 0.227 e. The molecule has 2 aliphatic rings. The summed E-state index contributed by atoms with van der Waals surface area (Å²) < 4.78 is 0. The summed E-state index contributed by atoms with van der Waals surface area (Å²) in [4.78, 5) is 12.3. The second-order valence-electron chi connectivity index (χ2n) is 5.88. The molecule has 1 amide bonds. The molecule has 1 unspecified atom stereocenters. The molecule has 3 heteroatoms. The maximum atomic E-state index is 12.3. The van der Waals surface area contributed by atoms with E-state index < -0.39 is 0 Å². The van der Waals surface area contributed by atoms with Gasteiger partial charge in [-0.1, -0.05) is 25.1 Å². The summed E-state index contributed by atoms with van der Waals surface area (Å²) in [6.07, 6.45) is 3.38. The number of hydrogen-bond donors (Lipinski definition) is 2. The third-order valence-corrected chi connectivity index (χ3v) is 4.19. The van der Waals surface area contributed by atoms with Crippen molar-refractivity contribution >= 4 is 11.6 Å². The van der Waals surface area contributed by atoms with Crippen LogP contribution in [0.25, 0.3) is 0 Å². The van der Waals surface area contributed by atoms with Crippen LogP contribution in [0.15, 0.2) is 24.3 Å². The van der Waals surface area contributed by atoms with Crippen LogP contribution < -0.4 is 10.6 Å². The van der Waals surface area contributed by atoms with Crippen molar-refractivity contribution in [3.63, 3.8) is 0 Å². The lowest BCUT2D eigenvalue weighted by molar-refractivity contribution is -0.122. The minimum atomic E-state index is 0.0183. The van der Waals surface area contributed by atoms with Crippen LogP contribution in [0.5, 0.6) is 0 Å². The van der Waals surface area contributed by atoms with E-state index in [0.29, 0.717) is 5.41 Å². The van der Waals surface area contributed by atoms with Crippen molar-refractivity contribution in [1.29, 1.82) is 0 Å². The summed E-state index contributed by atoms with van der Waals surface area (Å²) in [5.74, 6) is 0.210. The number of amides is 1. The fourth-order valence-electron chi connectivity index (χ4n) is 2.55. The van der Waals surface area contributed by atoms with Gasteiger partial charge in [-0.15, -0.1) is 0 Å². The van der Waals surface area contributed by atoms with Gasteiger partial charge >= 0.3 is 0 Å². The topological polar surface area (TPSA) is 41.1 Å². The van der Waals surface area contributed by atoms with Gasteiger partial charge in [0, 0.05) is 18.8 Å². The molecule has 1 saturated carbocycles. The fraction of sp³-hybridized carbons (Fsp3) is 0.533. The van der Waals surface area contributed by atoms with Crippen molar-refractivity contribution in [3.05, 3.63) is 29.8 Å². The molecule has 3 nitrogen and oxygen atoms in total. The predicted octanol–water partition coefficient (Wildman–Crippen LogP) is 2.50. The summed E-state index contributed by atoms with van der Waals surface area (Å²) in [6, 6.07) is 8.13. The molecule has 0 saturated heterocycles. The summed E-state index contributed by atoms with van der Waals surface area (Å²) in [7, 11) is 0. The molecule has 1 heterocycles. The third kappa shape index (κ3) is 2.22. The predicted molar refractivity (Wildman–Crippen MR) is 72.6 cm³/mol. The van der Waals surface area contributed by atoms with Crippen LogP contribution in [-0.2, 0) is 4.79 Å². The standard InChI is InChI=1S/C15H20N2O/c1-15(7-8-15)10-17-14(18)12-6-9-16-13-5-3-2-4-11(12)13/h2-5,12,16H,6-10H2,1H3,(H,17,18). The Morgan fingerprint density at radius 2 is 2.22 bits per heavy atom. The molecule has 96 valence electrons. The summed E-state index contributed by atoms with van der Waals surface area (Å²) in [5.41, 5.74) is 2.63. The zero-order valence-corrected chi connectivity index (χ0v) is 10.8. The number of benzene rings is 1. The molecule has 1 fully saturated rings. The molecule has 1 atom stereocenters. The molecule has 1 aliphatic heterocycles.